The lowest BCUT2D eigenvalue weighted by Crippen LogP contribution is -2.06. The molecule has 1 heterocycles. The average Bonchev–Trinajstić information content (AvgIpc) is 2.83. The molecule has 0 aliphatic rings. The van der Waals surface area contributed by atoms with Gasteiger partial charge in [-0.25, -0.2) is 9.48 Å². The summed E-state index contributed by atoms with van der Waals surface area (Å²) in [5.74, 6) is -1.05. The van der Waals surface area contributed by atoms with Crippen molar-refractivity contribution in [3.8, 4) is 5.69 Å². The van der Waals surface area contributed by atoms with Crippen LogP contribution in [0.2, 0.25) is 0 Å². The molecule has 7 heteroatoms. The highest BCUT2D eigenvalue weighted by atomic mass is 16.6. The summed E-state index contributed by atoms with van der Waals surface area (Å²) < 4.78 is 1.44. The number of aromatic carboxylic acids is 1. The van der Waals surface area contributed by atoms with E-state index < -0.39 is 10.9 Å². The quantitative estimate of drug-likeness (QED) is 0.667. The van der Waals surface area contributed by atoms with Crippen LogP contribution in [0.1, 0.15) is 29.4 Å². The highest BCUT2D eigenvalue weighted by Crippen LogP contribution is 2.20. The first kappa shape index (κ1) is 13.7. The molecule has 0 unspecified atom stereocenters. The van der Waals surface area contributed by atoms with E-state index in [2.05, 4.69) is 5.10 Å². The van der Waals surface area contributed by atoms with Crippen LogP contribution in [0.15, 0.2) is 30.5 Å². The first-order valence-electron chi connectivity index (χ1n) is 6.09. The van der Waals surface area contributed by atoms with Crippen LogP contribution in [-0.4, -0.2) is 25.8 Å². The standard InChI is InChI=1S/C13H13N3O4/c1-2-4-12-11(13(17)18)8-14-15(12)9-5-3-6-10(7-9)16(19)20/h3,5-8H,2,4H2,1H3,(H,17,18). The van der Waals surface area contributed by atoms with E-state index >= 15 is 0 Å². The molecule has 0 aliphatic carbocycles. The maximum Gasteiger partial charge on any atom is 0.339 e. The molecule has 2 rings (SSSR count). The first-order chi connectivity index (χ1) is 9.54. The molecule has 0 saturated heterocycles. The Morgan fingerprint density at radius 2 is 2.25 bits per heavy atom. The molecule has 1 N–H and O–H groups in total. The minimum absolute atomic E-state index is 0.0580. The van der Waals surface area contributed by atoms with Crippen LogP contribution in [0.25, 0.3) is 5.69 Å². The zero-order chi connectivity index (χ0) is 14.7. The van der Waals surface area contributed by atoms with E-state index in [1.54, 1.807) is 12.1 Å². The number of carboxylic acid groups (broad SMARTS) is 1. The van der Waals surface area contributed by atoms with Gasteiger partial charge in [0.25, 0.3) is 5.69 Å². The fourth-order valence-electron chi connectivity index (χ4n) is 1.99. The van der Waals surface area contributed by atoms with Crippen molar-refractivity contribution in [2.45, 2.75) is 19.8 Å². The minimum Gasteiger partial charge on any atom is -0.478 e. The molecule has 0 fully saturated rings. The topological polar surface area (TPSA) is 98.3 Å². The fourth-order valence-corrected chi connectivity index (χ4v) is 1.99. The molecule has 2 aromatic rings. The van der Waals surface area contributed by atoms with E-state index in [1.807, 2.05) is 6.92 Å². The van der Waals surface area contributed by atoms with Crippen LogP contribution in [0, 0.1) is 10.1 Å². The lowest BCUT2D eigenvalue weighted by Gasteiger charge is -2.07. The van der Waals surface area contributed by atoms with Gasteiger partial charge in [0.1, 0.15) is 5.56 Å². The summed E-state index contributed by atoms with van der Waals surface area (Å²) in [6.07, 6.45) is 2.55. The van der Waals surface area contributed by atoms with E-state index in [1.165, 1.54) is 23.0 Å². The molecule has 0 spiro atoms. The van der Waals surface area contributed by atoms with Crippen molar-refractivity contribution in [1.29, 1.82) is 0 Å². The molecule has 0 aliphatic heterocycles. The van der Waals surface area contributed by atoms with Crippen LogP contribution >= 0.6 is 0 Å². The van der Waals surface area contributed by atoms with E-state index in [0.29, 0.717) is 17.8 Å². The summed E-state index contributed by atoms with van der Waals surface area (Å²) in [5, 5.41) is 24.0. The zero-order valence-electron chi connectivity index (χ0n) is 10.8. The molecular formula is C13H13N3O4. The fraction of sp³-hybridized carbons (Fsp3) is 0.231. The lowest BCUT2D eigenvalue weighted by molar-refractivity contribution is -0.384. The van der Waals surface area contributed by atoms with Gasteiger partial charge >= 0.3 is 5.97 Å². The Hall–Kier alpha value is -2.70. The van der Waals surface area contributed by atoms with Crippen molar-refractivity contribution in [3.05, 3.63) is 51.8 Å². The van der Waals surface area contributed by atoms with Gasteiger partial charge in [-0.15, -0.1) is 0 Å². The maximum atomic E-state index is 11.2. The number of nitro benzene ring substituents is 1. The number of carboxylic acids is 1. The number of benzene rings is 1. The number of carbonyl (C=O) groups is 1. The Morgan fingerprint density at radius 3 is 2.85 bits per heavy atom. The number of rotatable bonds is 5. The third-order valence-corrected chi connectivity index (χ3v) is 2.87. The van der Waals surface area contributed by atoms with Gasteiger partial charge in [0.2, 0.25) is 0 Å². The van der Waals surface area contributed by atoms with Crippen molar-refractivity contribution in [1.82, 2.24) is 9.78 Å². The number of aromatic nitrogens is 2. The molecule has 0 saturated carbocycles. The van der Waals surface area contributed by atoms with E-state index in [4.69, 9.17) is 5.11 Å². The van der Waals surface area contributed by atoms with Crippen molar-refractivity contribution >= 4 is 11.7 Å². The Morgan fingerprint density at radius 1 is 1.50 bits per heavy atom. The summed E-state index contributed by atoms with van der Waals surface area (Å²) in [4.78, 5) is 21.4. The second kappa shape index (κ2) is 5.52. The molecule has 0 amide bonds. The molecular weight excluding hydrogens is 262 g/mol. The molecule has 0 bridgehead atoms. The van der Waals surface area contributed by atoms with E-state index in [-0.39, 0.29) is 11.3 Å². The number of nitro groups is 1. The Bertz CT molecular complexity index is 663. The van der Waals surface area contributed by atoms with Crippen molar-refractivity contribution in [3.63, 3.8) is 0 Å². The second-order valence-electron chi connectivity index (χ2n) is 4.25. The zero-order valence-corrected chi connectivity index (χ0v) is 10.8. The average molecular weight is 275 g/mol. The minimum atomic E-state index is -1.05. The van der Waals surface area contributed by atoms with E-state index in [0.717, 1.165) is 6.42 Å². The maximum absolute atomic E-state index is 11.2. The van der Waals surface area contributed by atoms with Gasteiger partial charge in [-0.1, -0.05) is 19.4 Å². The highest BCUT2D eigenvalue weighted by molar-refractivity contribution is 5.88. The van der Waals surface area contributed by atoms with E-state index in [9.17, 15) is 14.9 Å². The van der Waals surface area contributed by atoms with Gasteiger partial charge < -0.3 is 5.11 Å². The summed E-state index contributed by atoms with van der Waals surface area (Å²) in [6, 6.07) is 5.96. The van der Waals surface area contributed by atoms with Crippen LogP contribution in [0.3, 0.4) is 0 Å². The molecule has 1 aromatic carbocycles. The second-order valence-corrected chi connectivity index (χ2v) is 4.25. The lowest BCUT2D eigenvalue weighted by atomic mass is 10.1. The van der Waals surface area contributed by atoms with Gasteiger partial charge in [0.05, 0.1) is 22.5 Å². The Balaban J connectivity index is 2.54. The van der Waals surface area contributed by atoms with Crippen molar-refractivity contribution in [2.75, 3.05) is 0 Å². The third kappa shape index (κ3) is 2.51. The molecule has 1 aromatic heterocycles. The van der Waals surface area contributed by atoms with Crippen molar-refractivity contribution in [2.24, 2.45) is 0 Å². The van der Waals surface area contributed by atoms with Gasteiger partial charge in [-0.2, -0.15) is 5.10 Å². The van der Waals surface area contributed by atoms with Crippen LogP contribution < -0.4 is 0 Å². The number of hydrogen-bond donors (Lipinski definition) is 1. The van der Waals surface area contributed by atoms with Gasteiger partial charge in [0.15, 0.2) is 0 Å². The largest absolute Gasteiger partial charge is 0.478 e. The Labute approximate surface area is 114 Å². The van der Waals surface area contributed by atoms with Crippen LogP contribution in [-0.2, 0) is 6.42 Å². The molecule has 104 valence electrons. The third-order valence-electron chi connectivity index (χ3n) is 2.87. The first-order valence-corrected chi connectivity index (χ1v) is 6.09. The molecule has 7 nitrogen and oxygen atoms in total. The summed E-state index contributed by atoms with van der Waals surface area (Å²) in [7, 11) is 0. The highest BCUT2D eigenvalue weighted by Gasteiger charge is 2.18. The molecule has 0 radical (unpaired) electrons. The monoisotopic (exact) mass is 275 g/mol. The number of hydrogen-bond acceptors (Lipinski definition) is 4. The van der Waals surface area contributed by atoms with Crippen molar-refractivity contribution < 1.29 is 14.8 Å². The summed E-state index contributed by atoms with van der Waals surface area (Å²) in [5.41, 5.74) is 1.09. The SMILES string of the molecule is CCCc1c(C(=O)O)cnn1-c1cccc([N+](=O)[O-])c1. The van der Waals surface area contributed by atoms with Crippen LogP contribution in [0.5, 0.6) is 0 Å². The normalized spacial score (nSPS) is 10.4. The van der Waals surface area contributed by atoms with Gasteiger partial charge in [-0.05, 0) is 12.5 Å². The van der Waals surface area contributed by atoms with Crippen LogP contribution in [0.4, 0.5) is 5.69 Å². The predicted molar refractivity (Wildman–Crippen MR) is 71.2 cm³/mol. The summed E-state index contributed by atoms with van der Waals surface area (Å²) in [6.45, 7) is 1.93. The predicted octanol–water partition coefficient (Wildman–Crippen LogP) is 2.43. The number of non-ortho nitro benzene ring substituents is 1. The van der Waals surface area contributed by atoms with Gasteiger partial charge in [0, 0.05) is 12.1 Å². The Kier molecular flexibility index (Phi) is 3.79. The molecule has 0 atom stereocenters. The van der Waals surface area contributed by atoms with Gasteiger partial charge in [-0.3, -0.25) is 10.1 Å². The summed E-state index contributed by atoms with van der Waals surface area (Å²) >= 11 is 0. The number of nitrogens with zero attached hydrogens (tertiary/aromatic N) is 3. The molecule has 20 heavy (non-hydrogen) atoms. The smallest absolute Gasteiger partial charge is 0.339 e.